The summed E-state index contributed by atoms with van der Waals surface area (Å²) in [6.07, 6.45) is 0. The number of urea groups is 1. The molecule has 0 aliphatic carbocycles. The smallest absolute Gasteiger partial charge is 0.333 e. The number of ether oxygens (including phenoxy) is 1. The maximum Gasteiger partial charge on any atom is 0.333 e. The number of piperazine rings is 1. The Balaban J connectivity index is 1.43. The number of hydrogen-bond donors (Lipinski definition) is 2. The number of anilines is 2. The normalized spacial score (nSPS) is 18.1. The Morgan fingerprint density at radius 1 is 1.03 bits per heavy atom. The van der Waals surface area contributed by atoms with Gasteiger partial charge in [-0.15, -0.1) is 0 Å². The van der Waals surface area contributed by atoms with Crippen LogP contribution in [0.15, 0.2) is 24.3 Å². The monoisotopic (exact) mass is 445 g/mol. The second kappa shape index (κ2) is 9.78. The van der Waals surface area contributed by atoms with Crippen LogP contribution in [0.3, 0.4) is 0 Å². The molecule has 2 aliphatic heterocycles. The van der Waals surface area contributed by atoms with Crippen molar-refractivity contribution in [2.45, 2.75) is 6.92 Å². The first-order chi connectivity index (χ1) is 15.0. The topological polar surface area (TPSA) is 85.9 Å². The van der Waals surface area contributed by atoms with Gasteiger partial charge in [0.25, 0.3) is 0 Å². The van der Waals surface area contributed by atoms with E-state index in [9.17, 15) is 4.79 Å². The Hall–Kier alpha value is -2.46. The number of nitrogens with one attached hydrogen (secondary N) is 2. The van der Waals surface area contributed by atoms with Gasteiger partial charge in [-0.3, -0.25) is 5.43 Å². The summed E-state index contributed by atoms with van der Waals surface area (Å²) in [5.41, 5.74) is 5.29. The van der Waals surface area contributed by atoms with Crippen LogP contribution in [0.5, 0.6) is 0 Å². The number of morpholine rings is 1. The fourth-order valence-electron chi connectivity index (χ4n) is 3.61. The Morgan fingerprint density at radius 3 is 2.39 bits per heavy atom. The van der Waals surface area contributed by atoms with E-state index < -0.39 is 0 Å². The third-order valence-electron chi connectivity index (χ3n) is 5.54. The Labute approximate surface area is 187 Å². The first-order valence-corrected chi connectivity index (χ1v) is 10.9. The number of rotatable bonds is 4. The van der Waals surface area contributed by atoms with Gasteiger partial charge in [0.05, 0.1) is 13.2 Å². The molecule has 2 aromatic rings. The molecule has 2 fully saturated rings. The average Bonchev–Trinajstić information content (AvgIpc) is 2.78. The lowest BCUT2D eigenvalue weighted by atomic mass is 10.2. The van der Waals surface area contributed by atoms with E-state index in [0.717, 1.165) is 56.2 Å². The van der Waals surface area contributed by atoms with Crippen LogP contribution in [0, 0.1) is 6.92 Å². The fraction of sp³-hybridized carbons (Fsp3) is 0.476. The lowest BCUT2D eigenvalue weighted by molar-refractivity contribution is 0.116. The molecule has 1 aromatic carbocycles. The maximum absolute atomic E-state index is 12.3. The lowest BCUT2D eigenvalue weighted by Crippen LogP contribution is -2.53. The highest BCUT2D eigenvalue weighted by Crippen LogP contribution is 2.28. The number of amides is 2. The summed E-state index contributed by atoms with van der Waals surface area (Å²) in [4.78, 5) is 25.9. The highest BCUT2D eigenvalue weighted by molar-refractivity contribution is 6.30. The number of aromatic nitrogens is 2. The molecule has 2 aliphatic rings. The van der Waals surface area contributed by atoms with E-state index in [0.29, 0.717) is 29.9 Å². The van der Waals surface area contributed by atoms with Crippen molar-refractivity contribution < 1.29 is 9.53 Å². The fourth-order valence-corrected chi connectivity index (χ4v) is 3.78. The summed E-state index contributed by atoms with van der Waals surface area (Å²) < 4.78 is 5.44. The molecule has 9 nitrogen and oxygen atoms in total. The molecule has 31 heavy (non-hydrogen) atoms. The summed E-state index contributed by atoms with van der Waals surface area (Å²) in [5.74, 6) is 1.40. The van der Waals surface area contributed by atoms with Gasteiger partial charge in [-0.25, -0.2) is 19.8 Å². The van der Waals surface area contributed by atoms with Gasteiger partial charge in [0.15, 0.2) is 5.82 Å². The molecular formula is C21H28ClN7O2. The third-order valence-corrected chi connectivity index (χ3v) is 5.90. The molecule has 0 radical (unpaired) electrons. The molecule has 0 saturated carbocycles. The molecule has 3 heterocycles. The number of hydrogen-bond acceptors (Lipinski definition) is 7. The zero-order valence-electron chi connectivity index (χ0n) is 17.9. The van der Waals surface area contributed by atoms with E-state index >= 15 is 0 Å². The van der Waals surface area contributed by atoms with Crippen LogP contribution in [0.4, 0.5) is 16.3 Å². The largest absolute Gasteiger partial charge is 0.378 e. The number of benzene rings is 1. The van der Waals surface area contributed by atoms with E-state index in [1.54, 1.807) is 0 Å². The van der Waals surface area contributed by atoms with Crippen molar-refractivity contribution in [2.24, 2.45) is 0 Å². The highest BCUT2D eigenvalue weighted by Gasteiger charge is 2.19. The summed E-state index contributed by atoms with van der Waals surface area (Å²) >= 11 is 6.41. The molecule has 0 spiro atoms. The first kappa shape index (κ1) is 21.8. The van der Waals surface area contributed by atoms with E-state index in [-0.39, 0.29) is 6.03 Å². The van der Waals surface area contributed by atoms with E-state index in [1.807, 2.05) is 36.2 Å². The van der Waals surface area contributed by atoms with E-state index in [1.165, 1.54) is 0 Å². The zero-order valence-corrected chi connectivity index (χ0v) is 18.7. The summed E-state index contributed by atoms with van der Waals surface area (Å²) in [6, 6.07) is 7.20. The number of halogens is 1. The van der Waals surface area contributed by atoms with Crippen molar-refractivity contribution in [2.75, 3.05) is 69.7 Å². The number of carbonyl (C=O) groups excluding carboxylic acids is 1. The van der Waals surface area contributed by atoms with E-state index in [4.69, 9.17) is 21.3 Å². The van der Waals surface area contributed by atoms with Crippen LogP contribution in [0.1, 0.15) is 5.56 Å². The summed E-state index contributed by atoms with van der Waals surface area (Å²) in [5, 5.41) is 5.24. The minimum absolute atomic E-state index is 0.249. The van der Waals surface area contributed by atoms with Crippen molar-refractivity contribution in [1.82, 2.24) is 25.3 Å². The van der Waals surface area contributed by atoms with Gasteiger partial charge in [-0.1, -0.05) is 11.6 Å². The Kier molecular flexibility index (Phi) is 6.86. The molecule has 10 heteroatoms. The second-order valence-electron chi connectivity index (χ2n) is 7.82. The average molecular weight is 446 g/mol. The lowest BCUT2D eigenvalue weighted by Gasteiger charge is -2.32. The summed E-state index contributed by atoms with van der Waals surface area (Å²) in [6.45, 7) is 8.31. The number of likely N-dealkylation sites (N-methyl/N-ethyl adjacent to an activating group) is 1. The molecule has 0 atom stereocenters. The molecule has 2 N–H and O–H groups in total. The zero-order chi connectivity index (χ0) is 21.8. The van der Waals surface area contributed by atoms with E-state index in [2.05, 4.69) is 32.6 Å². The first-order valence-electron chi connectivity index (χ1n) is 10.5. The van der Waals surface area contributed by atoms with Gasteiger partial charge < -0.3 is 19.9 Å². The van der Waals surface area contributed by atoms with Crippen molar-refractivity contribution >= 4 is 29.1 Å². The van der Waals surface area contributed by atoms with Crippen LogP contribution in [-0.4, -0.2) is 85.4 Å². The Morgan fingerprint density at radius 2 is 1.71 bits per heavy atom. The van der Waals surface area contributed by atoms with Gasteiger partial charge in [0.2, 0.25) is 0 Å². The molecule has 4 rings (SSSR count). The van der Waals surface area contributed by atoms with Gasteiger partial charge >= 0.3 is 6.03 Å². The predicted molar refractivity (Wildman–Crippen MR) is 121 cm³/mol. The SMILES string of the molecule is Cc1c(Cl)nc(-c2ccc(NC(=O)NN3CCN(C)CC3)cc2)nc1N1CCOCC1. The number of carbonyl (C=O) groups is 1. The van der Waals surface area contributed by atoms with Crippen LogP contribution in [-0.2, 0) is 4.74 Å². The Bertz CT molecular complexity index is 911. The van der Waals surface area contributed by atoms with Gasteiger partial charge in [0, 0.05) is 56.1 Å². The van der Waals surface area contributed by atoms with Gasteiger partial charge in [-0.05, 0) is 38.2 Å². The van der Waals surface area contributed by atoms with Gasteiger partial charge in [-0.2, -0.15) is 0 Å². The third kappa shape index (κ3) is 5.43. The highest BCUT2D eigenvalue weighted by atomic mass is 35.5. The summed E-state index contributed by atoms with van der Waals surface area (Å²) in [7, 11) is 2.08. The van der Waals surface area contributed by atoms with Crippen LogP contribution >= 0.6 is 11.6 Å². The van der Waals surface area contributed by atoms with Crippen LogP contribution in [0.2, 0.25) is 5.15 Å². The van der Waals surface area contributed by atoms with Crippen molar-refractivity contribution in [3.8, 4) is 11.4 Å². The van der Waals surface area contributed by atoms with Crippen molar-refractivity contribution in [3.63, 3.8) is 0 Å². The molecule has 2 amide bonds. The maximum atomic E-state index is 12.3. The molecule has 0 bridgehead atoms. The molecule has 0 unspecified atom stereocenters. The minimum Gasteiger partial charge on any atom is -0.378 e. The van der Waals surface area contributed by atoms with Gasteiger partial charge in [0.1, 0.15) is 11.0 Å². The number of nitrogens with zero attached hydrogens (tertiary/aromatic N) is 5. The minimum atomic E-state index is -0.249. The van der Waals surface area contributed by atoms with Crippen molar-refractivity contribution in [3.05, 3.63) is 35.0 Å². The number of hydrazine groups is 1. The van der Waals surface area contributed by atoms with Crippen LogP contribution in [0.25, 0.3) is 11.4 Å². The predicted octanol–water partition coefficient (Wildman–Crippen LogP) is 2.23. The standard InChI is InChI=1S/C21H28ClN7O2/c1-15-18(22)24-19(25-20(15)28-11-13-31-14-12-28)16-3-5-17(6-4-16)23-21(30)26-29-9-7-27(2)8-10-29/h3-6H,7-14H2,1-2H3,(H2,23,26,30). The molecule has 1 aromatic heterocycles. The van der Waals surface area contributed by atoms with Crippen molar-refractivity contribution in [1.29, 1.82) is 0 Å². The molecular weight excluding hydrogens is 418 g/mol. The quantitative estimate of drug-likeness (QED) is 0.698. The molecule has 166 valence electrons. The van der Waals surface area contributed by atoms with Crippen LogP contribution < -0.4 is 15.6 Å². The molecule has 2 saturated heterocycles. The second-order valence-corrected chi connectivity index (χ2v) is 8.18.